The minimum Gasteiger partial charge on any atom is -0.463 e. The number of aliphatic imine (C=N–C) groups is 1. The van der Waals surface area contributed by atoms with Crippen molar-refractivity contribution in [2.75, 3.05) is 6.61 Å². The number of hydrogen-bond acceptors (Lipinski definition) is 11. The molecule has 1 aromatic rings. The van der Waals surface area contributed by atoms with Crippen LogP contribution in [0.2, 0.25) is 0 Å². The van der Waals surface area contributed by atoms with Gasteiger partial charge in [-0.1, -0.05) is 30.0 Å². The molecule has 0 aromatic heterocycles. The van der Waals surface area contributed by atoms with Crippen LogP contribution in [-0.4, -0.2) is 71.6 Å². The van der Waals surface area contributed by atoms with Gasteiger partial charge in [0.05, 0.1) is 5.69 Å². The molecule has 0 saturated carbocycles. The number of ether oxygens (including phenoxy) is 5. The van der Waals surface area contributed by atoms with Crippen LogP contribution in [0.3, 0.4) is 0 Å². The summed E-state index contributed by atoms with van der Waals surface area (Å²) in [5, 5.41) is -1.35. The zero-order valence-corrected chi connectivity index (χ0v) is 20.5. The maximum absolute atomic E-state index is 13.9. The molecular formula is C22H24F3NO9S. The van der Waals surface area contributed by atoms with E-state index in [0.29, 0.717) is 0 Å². The molecule has 5 atom stereocenters. The molecule has 1 aliphatic heterocycles. The number of benzene rings is 1. The quantitative estimate of drug-likeness (QED) is 0.222. The van der Waals surface area contributed by atoms with Gasteiger partial charge in [-0.2, -0.15) is 13.2 Å². The van der Waals surface area contributed by atoms with Crippen molar-refractivity contribution < 1.29 is 56.0 Å². The van der Waals surface area contributed by atoms with Gasteiger partial charge in [0.2, 0.25) is 0 Å². The average molecular weight is 535 g/mol. The summed E-state index contributed by atoms with van der Waals surface area (Å²) in [6, 6.07) is 7.27. The highest BCUT2D eigenvalue weighted by Crippen LogP contribution is 2.39. The molecule has 1 aliphatic rings. The Morgan fingerprint density at radius 1 is 0.861 bits per heavy atom. The number of hydrogen-bond donors (Lipinski definition) is 0. The monoisotopic (exact) mass is 535 g/mol. The number of esters is 4. The maximum Gasteiger partial charge on any atom is 0.439 e. The lowest BCUT2D eigenvalue weighted by Crippen LogP contribution is -2.61. The average Bonchev–Trinajstić information content (AvgIpc) is 2.75. The molecule has 36 heavy (non-hydrogen) atoms. The molecule has 2 rings (SSSR count). The Hall–Kier alpha value is -3.13. The molecule has 10 nitrogen and oxygen atoms in total. The maximum atomic E-state index is 13.9. The topological polar surface area (TPSA) is 127 Å². The number of nitrogens with zero attached hydrogens (tertiary/aromatic N) is 1. The van der Waals surface area contributed by atoms with E-state index in [9.17, 15) is 32.3 Å². The van der Waals surface area contributed by atoms with Crippen molar-refractivity contribution in [2.45, 2.75) is 63.7 Å². The van der Waals surface area contributed by atoms with Gasteiger partial charge in [0, 0.05) is 27.7 Å². The molecule has 1 saturated heterocycles. The molecule has 0 spiro atoms. The second-order valence-corrected chi connectivity index (χ2v) is 8.52. The molecule has 198 valence electrons. The minimum absolute atomic E-state index is 0.0111. The first-order chi connectivity index (χ1) is 16.8. The predicted molar refractivity (Wildman–Crippen MR) is 119 cm³/mol. The van der Waals surface area contributed by atoms with Gasteiger partial charge in [0.25, 0.3) is 0 Å². The second kappa shape index (κ2) is 12.7. The van der Waals surface area contributed by atoms with Crippen molar-refractivity contribution >= 4 is 46.4 Å². The molecular weight excluding hydrogens is 511 g/mol. The highest BCUT2D eigenvalue weighted by Gasteiger charge is 2.54. The van der Waals surface area contributed by atoms with Gasteiger partial charge < -0.3 is 23.7 Å². The Kier molecular flexibility index (Phi) is 10.3. The number of carbonyl (C=O) groups is 4. The minimum atomic E-state index is -4.94. The Morgan fingerprint density at radius 3 is 1.89 bits per heavy atom. The molecule has 1 heterocycles. The Labute approximate surface area is 208 Å². The zero-order valence-electron chi connectivity index (χ0n) is 19.6. The molecule has 0 aliphatic carbocycles. The van der Waals surface area contributed by atoms with Gasteiger partial charge >= 0.3 is 30.1 Å². The van der Waals surface area contributed by atoms with E-state index in [0.717, 1.165) is 27.7 Å². The molecule has 0 radical (unpaired) electrons. The number of alkyl halides is 3. The first-order valence-electron chi connectivity index (χ1n) is 10.5. The number of carbonyl (C=O) groups excluding carboxylic acids is 4. The lowest BCUT2D eigenvalue weighted by Gasteiger charge is -2.44. The molecule has 14 heteroatoms. The van der Waals surface area contributed by atoms with E-state index in [1.807, 2.05) is 0 Å². The van der Waals surface area contributed by atoms with E-state index in [-0.39, 0.29) is 17.4 Å². The number of thioether (sulfide) groups is 1. The lowest BCUT2D eigenvalue weighted by atomic mass is 9.99. The van der Waals surface area contributed by atoms with Crippen molar-refractivity contribution in [1.82, 2.24) is 0 Å². The smallest absolute Gasteiger partial charge is 0.439 e. The standard InChI is InChI=1S/C22H24F3NO9S/c1-11(27)31-10-16-17(32-12(2)28)18(33-13(3)29)19(34-14(4)30)20(35-16)36-21(22(23,24)25)26-15-8-6-5-7-9-15/h5-9,16-20H,10H2,1-4H3/t16-,17-,18+,19-,20+/m1/s1. The van der Waals surface area contributed by atoms with Gasteiger partial charge in [-0.05, 0) is 12.1 Å². The summed E-state index contributed by atoms with van der Waals surface area (Å²) in [6.07, 6.45) is -11.0. The molecule has 0 bridgehead atoms. The third kappa shape index (κ3) is 8.82. The van der Waals surface area contributed by atoms with Crippen LogP contribution in [0.4, 0.5) is 18.9 Å². The largest absolute Gasteiger partial charge is 0.463 e. The predicted octanol–water partition coefficient (Wildman–Crippen LogP) is 3.10. The van der Waals surface area contributed by atoms with E-state index >= 15 is 0 Å². The van der Waals surface area contributed by atoms with Crippen LogP contribution in [0.25, 0.3) is 0 Å². The summed E-state index contributed by atoms with van der Waals surface area (Å²) in [4.78, 5) is 50.4. The Balaban J connectivity index is 2.55. The van der Waals surface area contributed by atoms with Gasteiger partial charge in [-0.3, -0.25) is 19.2 Å². The van der Waals surface area contributed by atoms with E-state index in [2.05, 4.69) is 4.99 Å². The fourth-order valence-corrected chi connectivity index (χ4v) is 4.22. The normalized spacial score (nSPS) is 24.4. The summed E-state index contributed by atoms with van der Waals surface area (Å²) in [7, 11) is 0. The number of halogens is 3. The molecule has 0 N–H and O–H groups in total. The van der Waals surface area contributed by atoms with Gasteiger partial charge in [-0.15, -0.1) is 0 Å². The molecule has 1 aromatic carbocycles. The summed E-state index contributed by atoms with van der Waals surface area (Å²) < 4.78 is 68.0. The van der Waals surface area contributed by atoms with Crippen LogP contribution in [0.1, 0.15) is 27.7 Å². The second-order valence-electron chi connectivity index (χ2n) is 7.44. The van der Waals surface area contributed by atoms with Crippen LogP contribution in [-0.2, 0) is 42.9 Å². The van der Waals surface area contributed by atoms with Crippen LogP contribution >= 0.6 is 11.8 Å². The van der Waals surface area contributed by atoms with Crippen LogP contribution in [0, 0.1) is 0 Å². The molecule has 0 unspecified atom stereocenters. The molecule has 0 amide bonds. The van der Waals surface area contributed by atoms with Crippen molar-refractivity contribution in [2.24, 2.45) is 4.99 Å². The van der Waals surface area contributed by atoms with Crippen molar-refractivity contribution in [1.29, 1.82) is 0 Å². The third-order valence-corrected chi connectivity index (χ3v) is 5.56. The van der Waals surface area contributed by atoms with Crippen LogP contribution < -0.4 is 0 Å². The highest BCUT2D eigenvalue weighted by atomic mass is 32.2. The first-order valence-corrected chi connectivity index (χ1v) is 11.3. The van der Waals surface area contributed by atoms with Gasteiger partial charge in [0.1, 0.15) is 12.7 Å². The van der Waals surface area contributed by atoms with Crippen LogP contribution in [0.15, 0.2) is 35.3 Å². The van der Waals surface area contributed by atoms with Gasteiger partial charge in [0.15, 0.2) is 28.8 Å². The summed E-state index contributed by atoms with van der Waals surface area (Å²) in [6.45, 7) is 3.54. The highest BCUT2D eigenvalue weighted by molar-refractivity contribution is 8.14. The van der Waals surface area contributed by atoms with Crippen molar-refractivity contribution in [3.05, 3.63) is 30.3 Å². The van der Waals surface area contributed by atoms with E-state index in [1.54, 1.807) is 6.07 Å². The van der Waals surface area contributed by atoms with Crippen LogP contribution in [0.5, 0.6) is 0 Å². The molecule has 1 fully saturated rings. The Bertz CT molecular complexity index is 987. The third-order valence-electron chi connectivity index (χ3n) is 4.41. The number of rotatable bonds is 7. The fraction of sp³-hybridized carbons (Fsp3) is 0.500. The summed E-state index contributed by atoms with van der Waals surface area (Å²) in [5.74, 6) is -3.44. The first kappa shape index (κ1) is 29.1. The lowest BCUT2D eigenvalue weighted by molar-refractivity contribution is -0.237. The van der Waals surface area contributed by atoms with E-state index < -0.39 is 71.6 Å². The van der Waals surface area contributed by atoms with Crippen molar-refractivity contribution in [3.8, 4) is 0 Å². The van der Waals surface area contributed by atoms with Gasteiger partial charge in [-0.25, -0.2) is 4.99 Å². The summed E-state index contributed by atoms with van der Waals surface area (Å²) >= 11 is 0.0606. The van der Waals surface area contributed by atoms with Crippen molar-refractivity contribution in [3.63, 3.8) is 0 Å². The number of para-hydroxylation sites is 1. The SMILES string of the molecule is CC(=O)OC[C@H]1O[C@@H](SC(=Nc2ccccc2)C(F)(F)F)[C@H](OC(C)=O)[C@@H](OC(C)=O)[C@@H]1OC(C)=O. The van der Waals surface area contributed by atoms with E-state index in [4.69, 9.17) is 23.7 Å². The zero-order chi connectivity index (χ0) is 27.0. The van der Waals surface area contributed by atoms with E-state index in [1.165, 1.54) is 24.3 Å². The fourth-order valence-electron chi connectivity index (χ4n) is 3.17. The Morgan fingerprint density at radius 2 is 1.39 bits per heavy atom. The summed E-state index contributed by atoms with van der Waals surface area (Å²) in [5.41, 5.74) is -1.67.